The monoisotopic (exact) mass is 725 g/mol. The molecule has 0 aromatic heterocycles. The first-order valence-corrected chi connectivity index (χ1v) is 21.3. The van der Waals surface area contributed by atoms with Gasteiger partial charge in [0.2, 0.25) is 0 Å². The molecule has 6 aliphatic carbocycles. The molecule has 0 bridgehead atoms. The first kappa shape index (κ1) is 37.6. The second-order valence-electron chi connectivity index (χ2n) is 19.3. The first-order chi connectivity index (χ1) is 26.5. The highest BCUT2D eigenvalue weighted by Gasteiger charge is 2.42. The van der Waals surface area contributed by atoms with Crippen LogP contribution < -0.4 is 10.4 Å². The Morgan fingerprint density at radius 3 is 2.15 bits per heavy atom. The van der Waals surface area contributed by atoms with Crippen molar-refractivity contribution in [2.75, 3.05) is 0 Å². The number of fused-ring (bicyclic) bond motifs is 4. The normalized spacial score (nSPS) is 28.1. The van der Waals surface area contributed by atoms with Crippen LogP contribution in [0.25, 0.3) is 11.3 Å². The highest BCUT2D eigenvalue weighted by Crippen LogP contribution is 2.51. The van der Waals surface area contributed by atoms with E-state index in [0.717, 1.165) is 32.1 Å². The van der Waals surface area contributed by atoms with Gasteiger partial charge in [-0.25, -0.2) is 0 Å². The fourth-order valence-corrected chi connectivity index (χ4v) is 10.4. The molecule has 0 saturated heterocycles. The Balaban J connectivity index is 1.23. The summed E-state index contributed by atoms with van der Waals surface area (Å²) in [6.07, 6.45) is 42.1. The van der Waals surface area contributed by atoms with Crippen molar-refractivity contribution in [1.29, 1.82) is 0 Å². The fourth-order valence-electron chi connectivity index (χ4n) is 10.4. The summed E-state index contributed by atoms with van der Waals surface area (Å²) in [4.78, 5) is 2.73. The highest BCUT2D eigenvalue weighted by atomic mass is 15.2. The molecule has 2 aromatic carbocycles. The molecule has 8 atom stereocenters. The van der Waals surface area contributed by atoms with Gasteiger partial charge >= 0.3 is 0 Å². The molecular formula is C54H63N. The van der Waals surface area contributed by atoms with Crippen molar-refractivity contribution in [3.05, 3.63) is 179 Å². The summed E-state index contributed by atoms with van der Waals surface area (Å²) < 4.78 is 0. The summed E-state index contributed by atoms with van der Waals surface area (Å²) in [7, 11) is 0. The third-order valence-corrected chi connectivity index (χ3v) is 13.7. The number of allylic oxidation sites excluding steroid dienone is 15. The zero-order chi connectivity index (χ0) is 38.3. The van der Waals surface area contributed by atoms with E-state index in [-0.39, 0.29) is 10.8 Å². The van der Waals surface area contributed by atoms with Gasteiger partial charge < -0.3 is 4.90 Å². The van der Waals surface area contributed by atoms with Gasteiger partial charge in [-0.3, -0.25) is 0 Å². The molecule has 1 heteroatoms. The van der Waals surface area contributed by atoms with Crippen molar-refractivity contribution in [3.8, 4) is 0 Å². The Morgan fingerprint density at radius 2 is 1.47 bits per heavy atom. The van der Waals surface area contributed by atoms with Gasteiger partial charge in [0.15, 0.2) is 0 Å². The van der Waals surface area contributed by atoms with Crippen LogP contribution in [0.1, 0.15) is 92.1 Å². The Hall–Kier alpha value is -4.36. The van der Waals surface area contributed by atoms with Gasteiger partial charge in [0, 0.05) is 22.5 Å². The summed E-state index contributed by atoms with van der Waals surface area (Å²) in [5.41, 5.74) is 9.40. The molecule has 1 nitrogen and oxygen atoms in total. The zero-order valence-corrected chi connectivity index (χ0v) is 34.5. The van der Waals surface area contributed by atoms with Gasteiger partial charge in [0.05, 0.1) is 6.04 Å². The third kappa shape index (κ3) is 7.61. The maximum absolute atomic E-state index is 2.73. The molecule has 0 N–H and O–H groups in total. The Kier molecular flexibility index (Phi) is 10.4. The lowest BCUT2D eigenvalue weighted by molar-refractivity contribution is 0.288. The predicted octanol–water partition coefficient (Wildman–Crippen LogP) is 12.3. The van der Waals surface area contributed by atoms with E-state index in [1.807, 2.05) is 0 Å². The predicted molar refractivity (Wildman–Crippen MR) is 235 cm³/mol. The molecule has 8 unspecified atom stereocenters. The number of rotatable bonds is 8. The quantitative estimate of drug-likeness (QED) is 0.262. The van der Waals surface area contributed by atoms with E-state index in [1.54, 1.807) is 11.1 Å². The van der Waals surface area contributed by atoms with Crippen LogP contribution in [-0.4, -0.2) is 10.9 Å². The molecule has 0 aliphatic heterocycles. The highest BCUT2D eigenvalue weighted by molar-refractivity contribution is 5.71. The van der Waals surface area contributed by atoms with E-state index in [0.29, 0.717) is 47.5 Å². The van der Waals surface area contributed by atoms with Crippen LogP contribution in [0.15, 0.2) is 163 Å². The van der Waals surface area contributed by atoms with Crippen molar-refractivity contribution in [1.82, 2.24) is 4.90 Å². The van der Waals surface area contributed by atoms with E-state index in [1.165, 1.54) is 33.0 Å². The molecule has 0 spiro atoms. The Labute approximate surface area is 332 Å². The van der Waals surface area contributed by atoms with Crippen molar-refractivity contribution < 1.29 is 0 Å². The van der Waals surface area contributed by atoms with E-state index in [9.17, 15) is 0 Å². The summed E-state index contributed by atoms with van der Waals surface area (Å²) in [6.45, 7) is 16.7. The molecule has 0 fully saturated rings. The van der Waals surface area contributed by atoms with Crippen LogP contribution >= 0.6 is 0 Å². The number of nitrogens with zero attached hydrogens (tertiary/aromatic N) is 1. The second-order valence-corrected chi connectivity index (χ2v) is 19.3. The van der Waals surface area contributed by atoms with Crippen molar-refractivity contribution in [3.63, 3.8) is 0 Å². The largest absolute Gasteiger partial charge is 0.338 e. The maximum Gasteiger partial charge on any atom is 0.0556 e. The SMILES string of the molecule is CC(C1=CC2=c3ccccc3=C(N(C3=CCC(C(C)(C)C)C=C3)C3C=CC=CC3)CC2C2C=CC=CC12)C(CC1C=CC(C(C)(C)C)=CC1)c1ccccc1. The van der Waals surface area contributed by atoms with Crippen LogP contribution in [0.3, 0.4) is 0 Å². The van der Waals surface area contributed by atoms with Gasteiger partial charge in [0.25, 0.3) is 0 Å². The van der Waals surface area contributed by atoms with Crippen LogP contribution in [0, 0.1) is 46.3 Å². The molecule has 0 radical (unpaired) electrons. The Morgan fingerprint density at radius 1 is 0.727 bits per heavy atom. The molecule has 2 aromatic rings. The second kappa shape index (κ2) is 15.3. The van der Waals surface area contributed by atoms with E-state index in [2.05, 4.69) is 199 Å². The number of hydrogen-bond donors (Lipinski definition) is 0. The van der Waals surface area contributed by atoms with Gasteiger partial charge in [0.1, 0.15) is 0 Å². The summed E-state index contributed by atoms with van der Waals surface area (Å²) in [5.74, 6) is 3.19. The molecule has 0 amide bonds. The minimum absolute atomic E-state index is 0.193. The van der Waals surface area contributed by atoms with Crippen LogP contribution in [-0.2, 0) is 0 Å². The van der Waals surface area contributed by atoms with Gasteiger partial charge in [-0.1, -0.05) is 194 Å². The smallest absolute Gasteiger partial charge is 0.0556 e. The molecule has 55 heavy (non-hydrogen) atoms. The molecular weight excluding hydrogens is 663 g/mol. The number of benzene rings is 2. The summed E-state index contributed by atoms with van der Waals surface area (Å²) in [5, 5.41) is 2.84. The lowest BCUT2D eigenvalue weighted by atomic mass is 9.61. The summed E-state index contributed by atoms with van der Waals surface area (Å²) in [6, 6.07) is 21.1. The van der Waals surface area contributed by atoms with Crippen molar-refractivity contribution in [2.45, 2.75) is 92.5 Å². The average molecular weight is 726 g/mol. The van der Waals surface area contributed by atoms with Crippen LogP contribution in [0.4, 0.5) is 0 Å². The maximum atomic E-state index is 2.73. The lowest BCUT2D eigenvalue weighted by Gasteiger charge is -2.46. The third-order valence-electron chi connectivity index (χ3n) is 13.7. The van der Waals surface area contributed by atoms with E-state index >= 15 is 0 Å². The molecule has 8 rings (SSSR count). The minimum Gasteiger partial charge on any atom is -0.338 e. The zero-order valence-electron chi connectivity index (χ0n) is 34.5. The Bertz CT molecular complexity index is 2160. The van der Waals surface area contributed by atoms with Crippen molar-refractivity contribution >= 4 is 11.3 Å². The van der Waals surface area contributed by atoms with Crippen molar-refractivity contribution in [2.24, 2.45) is 46.3 Å². The minimum atomic E-state index is 0.193. The van der Waals surface area contributed by atoms with Crippen LogP contribution in [0.2, 0.25) is 0 Å². The van der Waals surface area contributed by atoms with E-state index in [4.69, 9.17) is 0 Å². The molecule has 0 saturated carbocycles. The fraction of sp³-hybridized carbons (Fsp3) is 0.407. The van der Waals surface area contributed by atoms with E-state index < -0.39 is 0 Å². The molecule has 0 heterocycles. The summed E-state index contributed by atoms with van der Waals surface area (Å²) >= 11 is 0. The van der Waals surface area contributed by atoms with Gasteiger partial charge in [-0.15, -0.1) is 0 Å². The average Bonchev–Trinajstić information content (AvgIpc) is 3.20. The van der Waals surface area contributed by atoms with Gasteiger partial charge in [-0.05, 0) is 106 Å². The lowest BCUT2D eigenvalue weighted by Crippen LogP contribution is -2.46. The van der Waals surface area contributed by atoms with Crippen LogP contribution in [0.5, 0.6) is 0 Å². The van der Waals surface area contributed by atoms with Gasteiger partial charge in [-0.2, -0.15) is 0 Å². The topological polar surface area (TPSA) is 3.24 Å². The molecule has 6 aliphatic rings. The number of hydrogen-bond acceptors (Lipinski definition) is 1. The molecule has 284 valence electrons. The first-order valence-electron chi connectivity index (χ1n) is 21.3. The standard InChI is InChI=1S/C54H63N/c1-37(48(39-18-10-8-11-19-39)34-38-26-28-40(29-27-38)53(2,3)4)49-35-50-46-24-16-17-25-47(46)52(36-51(50)45-23-15-14-22-44(45)49)55(42-20-12-9-13-21-42)43-32-30-41(31-33-43)54(5,6)7/h8-20,22-26,28-30,32-33,35,37-38,41-42,44-45,48,51H,21,27,31,34,36H2,1-7H3.